The number of nitrogens with one attached hydrogen (secondary N) is 2. The van der Waals surface area contributed by atoms with Crippen LogP contribution in [0.1, 0.15) is 22.3 Å². The number of carbonyl (C=O) groups is 1. The van der Waals surface area contributed by atoms with E-state index < -0.39 is 10.0 Å². The van der Waals surface area contributed by atoms with Crippen LogP contribution in [-0.2, 0) is 16.4 Å². The molecule has 0 radical (unpaired) electrons. The van der Waals surface area contributed by atoms with Gasteiger partial charge >= 0.3 is 0 Å². The van der Waals surface area contributed by atoms with Gasteiger partial charge in [0, 0.05) is 11.3 Å². The van der Waals surface area contributed by atoms with Crippen molar-refractivity contribution in [3.05, 3.63) is 34.8 Å². The van der Waals surface area contributed by atoms with Crippen LogP contribution in [0.2, 0.25) is 0 Å². The van der Waals surface area contributed by atoms with Crippen LogP contribution < -0.4 is 10.0 Å². The molecular weight excluding hydrogens is 312 g/mol. The lowest BCUT2D eigenvalue weighted by atomic mass is 10.2. The average molecular weight is 326 g/mol. The molecule has 1 heterocycles. The van der Waals surface area contributed by atoms with Crippen molar-refractivity contribution in [2.45, 2.75) is 13.3 Å². The SMILES string of the molecule is CCc1nnc(NC(=O)c2cccc(NS(C)(=O)=O)c2)s1. The molecule has 2 N–H and O–H groups in total. The molecule has 9 heteroatoms. The van der Waals surface area contributed by atoms with Gasteiger partial charge in [-0.3, -0.25) is 14.8 Å². The number of anilines is 2. The first-order chi connectivity index (χ1) is 9.87. The van der Waals surface area contributed by atoms with E-state index >= 15 is 0 Å². The van der Waals surface area contributed by atoms with E-state index in [2.05, 4.69) is 20.2 Å². The Morgan fingerprint density at radius 2 is 2.10 bits per heavy atom. The molecule has 0 aliphatic heterocycles. The number of nitrogens with zero attached hydrogens (tertiary/aromatic N) is 2. The molecule has 1 aromatic heterocycles. The van der Waals surface area contributed by atoms with Gasteiger partial charge in [-0.2, -0.15) is 0 Å². The summed E-state index contributed by atoms with van der Waals surface area (Å²) in [5, 5.41) is 11.6. The van der Waals surface area contributed by atoms with Gasteiger partial charge in [0.25, 0.3) is 5.91 Å². The number of hydrogen-bond acceptors (Lipinski definition) is 6. The zero-order valence-electron chi connectivity index (χ0n) is 11.5. The smallest absolute Gasteiger partial charge is 0.257 e. The van der Waals surface area contributed by atoms with E-state index in [0.717, 1.165) is 17.7 Å². The van der Waals surface area contributed by atoms with Crippen LogP contribution in [0, 0.1) is 0 Å². The van der Waals surface area contributed by atoms with E-state index in [1.165, 1.54) is 17.4 Å². The van der Waals surface area contributed by atoms with Gasteiger partial charge in [-0.1, -0.05) is 24.3 Å². The monoisotopic (exact) mass is 326 g/mol. The van der Waals surface area contributed by atoms with Gasteiger partial charge in [-0.15, -0.1) is 10.2 Å². The molecule has 0 bridgehead atoms. The lowest BCUT2D eigenvalue weighted by molar-refractivity contribution is 0.102. The summed E-state index contributed by atoms with van der Waals surface area (Å²) in [6, 6.07) is 6.21. The zero-order chi connectivity index (χ0) is 15.5. The van der Waals surface area contributed by atoms with Crippen LogP contribution in [0.4, 0.5) is 10.8 Å². The summed E-state index contributed by atoms with van der Waals surface area (Å²) in [5.74, 6) is -0.369. The Kier molecular flexibility index (Phi) is 4.53. The molecule has 1 aromatic carbocycles. The van der Waals surface area contributed by atoms with Gasteiger partial charge in [0.1, 0.15) is 5.01 Å². The molecule has 2 aromatic rings. The molecular formula is C12H14N4O3S2. The van der Waals surface area contributed by atoms with Gasteiger partial charge in [0.2, 0.25) is 15.2 Å². The van der Waals surface area contributed by atoms with E-state index in [4.69, 9.17) is 0 Å². The summed E-state index contributed by atoms with van der Waals surface area (Å²) < 4.78 is 24.7. The Balaban J connectivity index is 2.13. The number of aromatic nitrogens is 2. The summed E-state index contributed by atoms with van der Waals surface area (Å²) in [4.78, 5) is 12.1. The zero-order valence-corrected chi connectivity index (χ0v) is 13.1. The lowest BCUT2D eigenvalue weighted by Crippen LogP contribution is -2.13. The first-order valence-electron chi connectivity index (χ1n) is 6.09. The quantitative estimate of drug-likeness (QED) is 0.871. The fourth-order valence-corrected chi connectivity index (χ4v) is 2.78. The van der Waals surface area contributed by atoms with Crippen molar-refractivity contribution < 1.29 is 13.2 Å². The third kappa shape index (κ3) is 4.50. The Morgan fingerprint density at radius 1 is 1.33 bits per heavy atom. The molecule has 0 atom stereocenters. The lowest BCUT2D eigenvalue weighted by Gasteiger charge is -2.06. The molecule has 0 unspecified atom stereocenters. The predicted molar refractivity (Wildman–Crippen MR) is 82.1 cm³/mol. The van der Waals surface area contributed by atoms with E-state index in [9.17, 15) is 13.2 Å². The second kappa shape index (κ2) is 6.19. The highest BCUT2D eigenvalue weighted by molar-refractivity contribution is 7.92. The third-order valence-electron chi connectivity index (χ3n) is 2.42. The van der Waals surface area contributed by atoms with Gasteiger partial charge in [-0.25, -0.2) is 8.42 Å². The minimum atomic E-state index is -3.38. The minimum Gasteiger partial charge on any atom is -0.296 e. The Morgan fingerprint density at radius 3 is 2.71 bits per heavy atom. The maximum atomic E-state index is 12.1. The predicted octanol–water partition coefficient (Wildman–Crippen LogP) is 1.72. The third-order valence-corrected chi connectivity index (χ3v) is 4.01. The highest BCUT2D eigenvalue weighted by atomic mass is 32.2. The Labute approximate surface area is 126 Å². The van der Waals surface area contributed by atoms with E-state index in [1.807, 2.05) is 6.92 Å². The van der Waals surface area contributed by atoms with E-state index in [-0.39, 0.29) is 5.91 Å². The summed E-state index contributed by atoms with van der Waals surface area (Å²) >= 11 is 1.30. The first kappa shape index (κ1) is 15.4. The van der Waals surface area contributed by atoms with Crippen LogP contribution in [0.3, 0.4) is 0 Å². The molecule has 21 heavy (non-hydrogen) atoms. The average Bonchev–Trinajstić information content (AvgIpc) is 2.84. The number of aryl methyl sites for hydroxylation is 1. The fraction of sp³-hybridized carbons (Fsp3) is 0.250. The van der Waals surface area contributed by atoms with Gasteiger partial charge < -0.3 is 0 Å². The molecule has 0 saturated carbocycles. The molecule has 1 amide bonds. The van der Waals surface area contributed by atoms with Crippen molar-refractivity contribution in [2.75, 3.05) is 16.3 Å². The Bertz CT molecular complexity index is 755. The number of hydrogen-bond donors (Lipinski definition) is 2. The highest BCUT2D eigenvalue weighted by Gasteiger charge is 2.11. The van der Waals surface area contributed by atoms with Crippen molar-refractivity contribution in [3.63, 3.8) is 0 Å². The van der Waals surface area contributed by atoms with Crippen LogP contribution in [0.5, 0.6) is 0 Å². The van der Waals surface area contributed by atoms with Gasteiger partial charge in [-0.05, 0) is 24.6 Å². The molecule has 0 spiro atoms. The maximum Gasteiger partial charge on any atom is 0.257 e. The minimum absolute atomic E-state index is 0.330. The van der Waals surface area contributed by atoms with Crippen molar-refractivity contribution in [3.8, 4) is 0 Å². The largest absolute Gasteiger partial charge is 0.296 e. The number of sulfonamides is 1. The topological polar surface area (TPSA) is 101 Å². The number of amides is 1. The summed E-state index contributed by atoms with van der Waals surface area (Å²) in [5.41, 5.74) is 0.661. The van der Waals surface area contributed by atoms with Crippen molar-refractivity contribution in [2.24, 2.45) is 0 Å². The Hall–Kier alpha value is -2.00. The van der Waals surface area contributed by atoms with Crippen LogP contribution in [0.15, 0.2) is 24.3 Å². The molecule has 0 aliphatic carbocycles. The van der Waals surface area contributed by atoms with Crippen LogP contribution >= 0.6 is 11.3 Å². The maximum absolute atomic E-state index is 12.1. The van der Waals surface area contributed by atoms with Crippen molar-refractivity contribution in [1.82, 2.24) is 10.2 Å². The molecule has 2 rings (SSSR count). The normalized spacial score (nSPS) is 11.1. The van der Waals surface area contributed by atoms with Crippen molar-refractivity contribution in [1.29, 1.82) is 0 Å². The van der Waals surface area contributed by atoms with Crippen LogP contribution in [0.25, 0.3) is 0 Å². The highest BCUT2D eigenvalue weighted by Crippen LogP contribution is 2.18. The first-order valence-corrected chi connectivity index (χ1v) is 8.80. The second-order valence-electron chi connectivity index (χ2n) is 4.26. The molecule has 7 nitrogen and oxygen atoms in total. The number of rotatable bonds is 5. The number of benzene rings is 1. The summed E-state index contributed by atoms with van der Waals surface area (Å²) in [7, 11) is -3.38. The van der Waals surface area contributed by atoms with E-state index in [0.29, 0.717) is 16.4 Å². The molecule has 112 valence electrons. The van der Waals surface area contributed by atoms with Gasteiger partial charge in [0.15, 0.2) is 0 Å². The molecule has 0 fully saturated rings. The summed E-state index contributed by atoms with van der Waals surface area (Å²) in [6.45, 7) is 1.95. The molecule has 0 aliphatic rings. The standard InChI is InChI=1S/C12H14N4O3S2/c1-3-10-14-15-12(20-10)13-11(17)8-5-4-6-9(7-8)16-21(2,18)19/h4-7,16H,3H2,1-2H3,(H,13,15,17). The number of carbonyl (C=O) groups excluding carboxylic acids is 1. The van der Waals surface area contributed by atoms with E-state index in [1.54, 1.807) is 18.2 Å². The van der Waals surface area contributed by atoms with Gasteiger partial charge in [0.05, 0.1) is 6.26 Å². The van der Waals surface area contributed by atoms with Crippen molar-refractivity contribution >= 4 is 38.1 Å². The molecule has 0 saturated heterocycles. The second-order valence-corrected chi connectivity index (χ2v) is 7.07. The van der Waals surface area contributed by atoms with Crippen LogP contribution in [-0.4, -0.2) is 30.8 Å². The fourth-order valence-electron chi connectivity index (χ4n) is 1.55. The summed E-state index contributed by atoms with van der Waals surface area (Å²) in [6.07, 6.45) is 1.80.